The van der Waals surface area contributed by atoms with Crippen molar-refractivity contribution in [3.63, 3.8) is 0 Å². The van der Waals surface area contributed by atoms with Crippen molar-refractivity contribution in [3.05, 3.63) is 57.1 Å². The monoisotopic (exact) mass is 414 g/mol. The van der Waals surface area contributed by atoms with Crippen LogP contribution in [-0.4, -0.2) is 20.1 Å². The molecule has 0 spiro atoms. The summed E-state index contributed by atoms with van der Waals surface area (Å²) in [4.78, 5) is 12.5. The SMILES string of the molecule is COc1cc(Br)c(/C=C(\C#N)C(=O)Nc2ccc(C)c(C)c2)cc1OC. The second-order valence-corrected chi connectivity index (χ2v) is 6.51. The van der Waals surface area contributed by atoms with Gasteiger partial charge in [-0.15, -0.1) is 0 Å². The van der Waals surface area contributed by atoms with Crippen molar-refractivity contribution in [3.8, 4) is 17.6 Å². The highest BCUT2D eigenvalue weighted by Gasteiger charge is 2.13. The topological polar surface area (TPSA) is 71.3 Å². The highest BCUT2D eigenvalue weighted by Crippen LogP contribution is 2.34. The van der Waals surface area contributed by atoms with Crippen LogP contribution in [0, 0.1) is 25.2 Å². The Morgan fingerprint density at radius 1 is 1.12 bits per heavy atom. The third-order valence-corrected chi connectivity index (χ3v) is 4.62. The maximum Gasteiger partial charge on any atom is 0.266 e. The van der Waals surface area contributed by atoms with Crippen molar-refractivity contribution in [2.75, 3.05) is 19.5 Å². The van der Waals surface area contributed by atoms with Crippen LogP contribution in [0.15, 0.2) is 40.4 Å². The molecule has 5 nitrogen and oxygen atoms in total. The van der Waals surface area contributed by atoms with Crippen LogP contribution in [0.3, 0.4) is 0 Å². The molecule has 0 heterocycles. The van der Waals surface area contributed by atoms with E-state index in [0.29, 0.717) is 27.2 Å². The number of amides is 1. The summed E-state index contributed by atoms with van der Waals surface area (Å²) >= 11 is 3.42. The van der Waals surface area contributed by atoms with E-state index in [-0.39, 0.29) is 5.57 Å². The largest absolute Gasteiger partial charge is 0.493 e. The number of methoxy groups -OCH3 is 2. The summed E-state index contributed by atoms with van der Waals surface area (Å²) in [5, 5.41) is 12.2. The Hall–Kier alpha value is -2.78. The van der Waals surface area contributed by atoms with Gasteiger partial charge in [0, 0.05) is 10.2 Å². The van der Waals surface area contributed by atoms with Crippen LogP contribution in [0.2, 0.25) is 0 Å². The predicted molar refractivity (Wildman–Crippen MR) is 105 cm³/mol. The summed E-state index contributed by atoms with van der Waals surface area (Å²) in [6.45, 7) is 3.96. The molecule has 0 radical (unpaired) electrons. The quantitative estimate of drug-likeness (QED) is 0.571. The van der Waals surface area contributed by atoms with Crippen LogP contribution in [0.5, 0.6) is 11.5 Å². The molecule has 26 heavy (non-hydrogen) atoms. The van der Waals surface area contributed by atoms with Gasteiger partial charge in [-0.1, -0.05) is 22.0 Å². The maximum absolute atomic E-state index is 12.5. The number of carbonyl (C=O) groups is 1. The average Bonchev–Trinajstić information content (AvgIpc) is 2.63. The lowest BCUT2D eigenvalue weighted by molar-refractivity contribution is -0.112. The number of anilines is 1. The summed E-state index contributed by atoms with van der Waals surface area (Å²) < 4.78 is 11.2. The normalized spacial score (nSPS) is 10.8. The molecule has 0 atom stereocenters. The first-order valence-electron chi connectivity index (χ1n) is 7.81. The fourth-order valence-corrected chi connectivity index (χ4v) is 2.74. The minimum absolute atomic E-state index is 0.0175. The number of ether oxygens (including phenoxy) is 2. The zero-order valence-electron chi connectivity index (χ0n) is 15.0. The summed E-state index contributed by atoms with van der Waals surface area (Å²) in [5.74, 6) is 0.584. The van der Waals surface area contributed by atoms with E-state index in [2.05, 4.69) is 21.2 Å². The Morgan fingerprint density at radius 2 is 1.77 bits per heavy atom. The fraction of sp³-hybridized carbons (Fsp3) is 0.200. The lowest BCUT2D eigenvalue weighted by Gasteiger charge is -2.10. The highest BCUT2D eigenvalue weighted by molar-refractivity contribution is 9.10. The van der Waals surface area contributed by atoms with Gasteiger partial charge in [0.25, 0.3) is 5.91 Å². The summed E-state index contributed by atoms with van der Waals surface area (Å²) in [6, 6.07) is 11.0. The average molecular weight is 415 g/mol. The molecule has 6 heteroatoms. The molecule has 0 saturated carbocycles. The molecule has 0 saturated heterocycles. The van der Waals surface area contributed by atoms with Gasteiger partial charge in [-0.05, 0) is 60.9 Å². The van der Waals surface area contributed by atoms with E-state index in [0.717, 1.165) is 11.1 Å². The molecule has 0 unspecified atom stereocenters. The molecule has 2 aromatic rings. The Morgan fingerprint density at radius 3 is 2.35 bits per heavy atom. The lowest BCUT2D eigenvalue weighted by atomic mass is 10.1. The van der Waals surface area contributed by atoms with Crippen LogP contribution in [-0.2, 0) is 4.79 Å². The van der Waals surface area contributed by atoms with Gasteiger partial charge in [-0.25, -0.2) is 0 Å². The second kappa shape index (κ2) is 8.54. The summed E-state index contributed by atoms with van der Waals surface area (Å²) in [7, 11) is 3.06. The molecular weight excluding hydrogens is 396 g/mol. The standard InChI is InChI=1S/C20H19BrN2O3/c1-12-5-6-16(7-13(12)2)23-20(24)15(11-22)8-14-9-18(25-3)19(26-4)10-17(14)21/h5-10H,1-4H3,(H,23,24)/b15-8+. The van der Waals surface area contributed by atoms with Gasteiger partial charge < -0.3 is 14.8 Å². The molecule has 0 bridgehead atoms. The first kappa shape index (κ1) is 19.5. The third-order valence-electron chi connectivity index (χ3n) is 3.93. The van der Waals surface area contributed by atoms with Gasteiger partial charge in [-0.3, -0.25) is 4.79 Å². The van der Waals surface area contributed by atoms with E-state index in [1.54, 1.807) is 12.1 Å². The minimum atomic E-state index is -0.475. The number of aryl methyl sites for hydroxylation is 2. The second-order valence-electron chi connectivity index (χ2n) is 5.65. The Labute approximate surface area is 161 Å². The Bertz CT molecular complexity index is 914. The number of nitrogens with zero attached hydrogens (tertiary/aromatic N) is 1. The highest BCUT2D eigenvalue weighted by atomic mass is 79.9. The number of hydrogen-bond donors (Lipinski definition) is 1. The van der Waals surface area contributed by atoms with Crippen LogP contribution >= 0.6 is 15.9 Å². The molecule has 0 aliphatic heterocycles. The van der Waals surface area contributed by atoms with Gasteiger partial charge in [0.15, 0.2) is 11.5 Å². The van der Waals surface area contributed by atoms with Gasteiger partial charge >= 0.3 is 0 Å². The van der Waals surface area contributed by atoms with Gasteiger partial charge in [0.2, 0.25) is 0 Å². The first-order chi connectivity index (χ1) is 12.4. The third kappa shape index (κ3) is 4.44. The van der Waals surface area contributed by atoms with Crippen molar-refractivity contribution in [2.45, 2.75) is 13.8 Å². The van der Waals surface area contributed by atoms with Crippen LogP contribution in [0.4, 0.5) is 5.69 Å². The number of halogens is 1. The summed E-state index contributed by atoms with van der Waals surface area (Å²) in [6.07, 6.45) is 1.50. The van der Waals surface area contributed by atoms with Gasteiger partial charge in [0.05, 0.1) is 14.2 Å². The predicted octanol–water partition coefficient (Wildman–Crippen LogP) is 4.63. The van der Waals surface area contributed by atoms with E-state index in [1.165, 1.54) is 20.3 Å². The smallest absolute Gasteiger partial charge is 0.266 e. The van der Waals surface area contributed by atoms with Crippen molar-refractivity contribution in [1.29, 1.82) is 5.26 Å². The Kier molecular flexibility index (Phi) is 6.42. The fourth-order valence-electron chi connectivity index (χ4n) is 2.30. The molecule has 2 aromatic carbocycles. The number of hydrogen-bond acceptors (Lipinski definition) is 4. The lowest BCUT2D eigenvalue weighted by Crippen LogP contribution is -2.13. The minimum Gasteiger partial charge on any atom is -0.493 e. The number of rotatable bonds is 5. The number of carbonyl (C=O) groups excluding carboxylic acids is 1. The molecule has 0 aliphatic rings. The number of benzene rings is 2. The van der Waals surface area contributed by atoms with Crippen molar-refractivity contribution in [1.82, 2.24) is 0 Å². The Balaban J connectivity index is 2.33. The van der Waals surface area contributed by atoms with Gasteiger partial charge in [0.1, 0.15) is 11.6 Å². The molecule has 134 valence electrons. The molecule has 2 rings (SSSR count). The van der Waals surface area contributed by atoms with Crippen molar-refractivity contribution < 1.29 is 14.3 Å². The molecule has 0 fully saturated rings. The van der Waals surface area contributed by atoms with Crippen molar-refractivity contribution >= 4 is 33.6 Å². The maximum atomic E-state index is 12.5. The van der Waals surface area contributed by atoms with E-state index in [4.69, 9.17) is 9.47 Å². The van der Waals surface area contributed by atoms with Gasteiger partial charge in [-0.2, -0.15) is 5.26 Å². The zero-order valence-corrected chi connectivity index (χ0v) is 16.6. The van der Waals surface area contributed by atoms with Crippen molar-refractivity contribution in [2.24, 2.45) is 0 Å². The zero-order chi connectivity index (χ0) is 19.3. The van der Waals surface area contributed by atoms with Crippen LogP contribution in [0.1, 0.15) is 16.7 Å². The van der Waals surface area contributed by atoms with Crippen LogP contribution < -0.4 is 14.8 Å². The molecule has 1 amide bonds. The van der Waals surface area contributed by atoms with E-state index < -0.39 is 5.91 Å². The first-order valence-corrected chi connectivity index (χ1v) is 8.60. The molecular formula is C20H19BrN2O3. The summed E-state index contributed by atoms with van der Waals surface area (Å²) in [5.41, 5.74) is 3.46. The molecule has 1 N–H and O–H groups in total. The molecule has 0 aliphatic carbocycles. The number of nitriles is 1. The van der Waals surface area contributed by atoms with E-state index >= 15 is 0 Å². The van der Waals surface area contributed by atoms with E-state index in [9.17, 15) is 10.1 Å². The van der Waals surface area contributed by atoms with Crippen LogP contribution in [0.25, 0.3) is 6.08 Å². The van der Waals surface area contributed by atoms with E-state index in [1.807, 2.05) is 38.1 Å². The number of nitrogens with one attached hydrogen (secondary N) is 1. The molecule has 0 aromatic heterocycles.